The maximum absolute atomic E-state index is 13.4. The smallest absolute Gasteiger partial charge is 0.228 e. The first kappa shape index (κ1) is 20.3. The highest BCUT2D eigenvalue weighted by Crippen LogP contribution is 2.72. The van der Waals surface area contributed by atoms with Crippen molar-refractivity contribution in [3.05, 3.63) is 40.9 Å². The summed E-state index contributed by atoms with van der Waals surface area (Å²) in [7, 11) is 0. The molecular formula is C24H30BrN3O2. The van der Waals surface area contributed by atoms with Crippen molar-refractivity contribution in [2.45, 2.75) is 38.6 Å². The van der Waals surface area contributed by atoms with E-state index in [1.807, 2.05) is 24.3 Å². The summed E-state index contributed by atoms with van der Waals surface area (Å²) in [4.78, 5) is 29.1. The van der Waals surface area contributed by atoms with Gasteiger partial charge in [0.25, 0.3) is 0 Å². The lowest BCUT2D eigenvalue weighted by molar-refractivity contribution is -0.133. The Morgan fingerprint density at radius 3 is 2.40 bits per heavy atom. The van der Waals surface area contributed by atoms with Crippen LogP contribution in [0.4, 0.5) is 5.69 Å². The van der Waals surface area contributed by atoms with Crippen molar-refractivity contribution in [2.24, 2.45) is 29.1 Å². The molecule has 0 aromatic heterocycles. The fraction of sp³-hybridized carbons (Fsp3) is 0.583. The van der Waals surface area contributed by atoms with Crippen LogP contribution >= 0.6 is 15.9 Å². The molecule has 6 heteroatoms. The monoisotopic (exact) mass is 471 g/mol. The van der Waals surface area contributed by atoms with Crippen LogP contribution in [0.1, 0.15) is 32.6 Å². The number of amides is 2. The lowest BCUT2D eigenvalue weighted by Crippen LogP contribution is -2.46. The van der Waals surface area contributed by atoms with E-state index in [1.165, 1.54) is 6.42 Å². The Morgan fingerprint density at radius 1 is 1.10 bits per heavy atom. The van der Waals surface area contributed by atoms with E-state index in [-0.39, 0.29) is 40.9 Å². The SMILES string of the molecule is CCN1CCCC1CNC(=O)[C@H]1[C@H](C(=O)Nc2ccc(Br)cc2)[C@@H]2C=C[C@H]1C21CC1. The first-order valence-electron chi connectivity index (χ1n) is 11.3. The van der Waals surface area contributed by atoms with Crippen LogP contribution < -0.4 is 10.6 Å². The number of likely N-dealkylation sites (tertiary alicyclic amines) is 1. The summed E-state index contributed by atoms with van der Waals surface area (Å²) in [5.74, 6) is -0.0959. The molecule has 4 aliphatic rings. The van der Waals surface area contributed by atoms with E-state index < -0.39 is 0 Å². The van der Waals surface area contributed by atoms with Crippen molar-refractivity contribution in [1.82, 2.24) is 10.2 Å². The first-order chi connectivity index (χ1) is 14.5. The van der Waals surface area contributed by atoms with Gasteiger partial charge in [0.15, 0.2) is 0 Å². The van der Waals surface area contributed by atoms with E-state index in [2.05, 4.69) is 50.5 Å². The number of halogens is 1. The zero-order chi connectivity index (χ0) is 20.9. The van der Waals surface area contributed by atoms with Crippen molar-refractivity contribution in [3.8, 4) is 0 Å². The maximum atomic E-state index is 13.4. The molecule has 30 heavy (non-hydrogen) atoms. The fourth-order valence-electron chi connectivity index (χ4n) is 6.35. The number of carbonyl (C=O) groups is 2. The molecular weight excluding hydrogens is 442 g/mol. The molecule has 1 unspecified atom stereocenters. The Morgan fingerprint density at radius 2 is 1.77 bits per heavy atom. The number of nitrogens with one attached hydrogen (secondary N) is 2. The van der Waals surface area contributed by atoms with Crippen molar-refractivity contribution < 1.29 is 9.59 Å². The van der Waals surface area contributed by atoms with Gasteiger partial charge in [0.1, 0.15) is 0 Å². The molecule has 0 radical (unpaired) electrons. The number of carbonyl (C=O) groups excluding carboxylic acids is 2. The minimum absolute atomic E-state index is 0.0170. The van der Waals surface area contributed by atoms with Gasteiger partial charge in [0, 0.05) is 22.7 Å². The summed E-state index contributed by atoms with van der Waals surface area (Å²) in [5.41, 5.74) is 0.940. The van der Waals surface area contributed by atoms with Gasteiger partial charge in [-0.2, -0.15) is 0 Å². The molecule has 5 rings (SSSR count). The molecule has 1 aromatic carbocycles. The van der Waals surface area contributed by atoms with Crippen LogP contribution in [0.25, 0.3) is 0 Å². The lowest BCUT2D eigenvalue weighted by Gasteiger charge is -2.28. The van der Waals surface area contributed by atoms with E-state index in [0.717, 1.165) is 42.5 Å². The van der Waals surface area contributed by atoms with E-state index in [0.29, 0.717) is 12.6 Å². The molecule has 1 spiro atoms. The molecule has 1 aromatic rings. The summed E-state index contributed by atoms with van der Waals surface area (Å²) in [6, 6.07) is 8.06. The van der Waals surface area contributed by atoms with Crippen LogP contribution in [-0.4, -0.2) is 42.4 Å². The van der Waals surface area contributed by atoms with Crippen LogP contribution in [0.3, 0.4) is 0 Å². The minimum atomic E-state index is -0.281. The molecule has 2 bridgehead atoms. The third kappa shape index (κ3) is 3.32. The fourth-order valence-corrected chi connectivity index (χ4v) is 6.61. The van der Waals surface area contributed by atoms with Gasteiger partial charge >= 0.3 is 0 Å². The average Bonchev–Trinajstić information content (AvgIpc) is 3.18. The topological polar surface area (TPSA) is 61.4 Å². The van der Waals surface area contributed by atoms with Crippen molar-refractivity contribution in [2.75, 3.05) is 25.0 Å². The molecule has 5 nitrogen and oxygen atoms in total. The maximum Gasteiger partial charge on any atom is 0.228 e. The van der Waals surface area contributed by atoms with E-state index in [9.17, 15) is 9.59 Å². The second-order valence-corrected chi connectivity index (χ2v) is 10.3. The van der Waals surface area contributed by atoms with Crippen LogP contribution in [0.5, 0.6) is 0 Å². The van der Waals surface area contributed by atoms with Crippen LogP contribution in [0.15, 0.2) is 40.9 Å². The Bertz CT molecular complexity index is 864. The van der Waals surface area contributed by atoms with Gasteiger partial charge in [-0.15, -0.1) is 0 Å². The molecule has 1 heterocycles. The van der Waals surface area contributed by atoms with Gasteiger partial charge in [-0.3, -0.25) is 14.5 Å². The van der Waals surface area contributed by atoms with Gasteiger partial charge in [0.2, 0.25) is 11.8 Å². The zero-order valence-corrected chi connectivity index (χ0v) is 19.0. The van der Waals surface area contributed by atoms with Gasteiger partial charge in [-0.25, -0.2) is 0 Å². The van der Waals surface area contributed by atoms with Gasteiger partial charge in [0.05, 0.1) is 11.8 Å². The third-order valence-electron chi connectivity index (χ3n) is 7.98. The first-order valence-corrected chi connectivity index (χ1v) is 12.1. The average molecular weight is 472 g/mol. The largest absolute Gasteiger partial charge is 0.354 e. The molecule has 1 saturated heterocycles. The Kier molecular flexibility index (Phi) is 5.26. The Hall–Kier alpha value is -1.66. The second-order valence-electron chi connectivity index (χ2n) is 9.39. The summed E-state index contributed by atoms with van der Waals surface area (Å²) in [6.45, 7) is 5.02. The molecule has 1 aliphatic heterocycles. The Labute approximate surface area is 186 Å². The minimum Gasteiger partial charge on any atom is -0.354 e. The Balaban J connectivity index is 1.32. The number of allylic oxidation sites excluding steroid dienone is 2. The van der Waals surface area contributed by atoms with Crippen LogP contribution in [-0.2, 0) is 9.59 Å². The zero-order valence-electron chi connectivity index (χ0n) is 17.4. The van der Waals surface area contributed by atoms with Crippen LogP contribution in [0, 0.1) is 29.1 Å². The highest BCUT2D eigenvalue weighted by atomic mass is 79.9. The van der Waals surface area contributed by atoms with Gasteiger partial charge in [-0.1, -0.05) is 35.0 Å². The predicted molar refractivity (Wildman–Crippen MR) is 121 cm³/mol. The van der Waals surface area contributed by atoms with Gasteiger partial charge < -0.3 is 10.6 Å². The standard InChI is InChI=1S/C24H30BrN3O2/c1-2-28-13-3-4-17(28)14-26-22(29)20-18-9-10-19(24(18)11-12-24)21(20)23(30)27-16-7-5-15(25)6-8-16/h5-10,17-21H,2-4,11-14H2,1H3,(H,26,29)(H,27,30)/t17?,18-,19+,20-,21-/m1/s1. The summed E-state index contributed by atoms with van der Waals surface area (Å²) in [6.07, 6.45) is 9.04. The molecule has 2 amide bonds. The van der Waals surface area contributed by atoms with E-state index >= 15 is 0 Å². The molecule has 2 N–H and O–H groups in total. The summed E-state index contributed by atoms with van der Waals surface area (Å²) < 4.78 is 0.977. The van der Waals surface area contributed by atoms with Gasteiger partial charge in [-0.05, 0) is 80.3 Å². The van der Waals surface area contributed by atoms with Crippen molar-refractivity contribution in [3.63, 3.8) is 0 Å². The second kappa shape index (κ2) is 7.79. The number of nitrogens with zero attached hydrogens (tertiary/aromatic N) is 1. The quantitative estimate of drug-likeness (QED) is 0.619. The van der Waals surface area contributed by atoms with Crippen molar-refractivity contribution >= 4 is 33.4 Å². The molecule has 160 valence electrons. The molecule has 5 atom stereocenters. The third-order valence-corrected chi connectivity index (χ3v) is 8.50. The summed E-state index contributed by atoms with van der Waals surface area (Å²) >= 11 is 3.43. The predicted octanol–water partition coefficient (Wildman–Crippen LogP) is 3.82. The molecule has 2 saturated carbocycles. The van der Waals surface area contributed by atoms with Crippen molar-refractivity contribution in [1.29, 1.82) is 0 Å². The molecule has 3 fully saturated rings. The van der Waals surface area contributed by atoms with E-state index in [4.69, 9.17) is 0 Å². The number of hydrogen-bond donors (Lipinski definition) is 2. The summed E-state index contributed by atoms with van der Waals surface area (Å²) in [5, 5.41) is 6.31. The number of hydrogen-bond acceptors (Lipinski definition) is 3. The normalized spacial score (nSPS) is 33.2. The number of likely N-dealkylation sites (N-methyl/N-ethyl adjacent to an activating group) is 1. The highest BCUT2D eigenvalue weighted by Gasteiger charge is 2.69. The highest BCUT2D eigenvalue weighted by molar-refractivity contribution is 9.10. The number of anilines is 1. The van der Waals surface area contributed by atoms with Crippen LogP contribution in [0.2, 0.25) is 0 Å². The van der Waals surface area contributed by atoms with E-state index in [1.54, 1.807) is 0 Å². The number of benzene rings is 1. The number of rotatable bonds is 6. The molecule has 3 aliphatic carbocycles. The lowest BCUT2D eigenvalue weighted by atomic mass is 9.81.